The maximum Gasteiger partial charge on any atom is 0.00581 e. The van der Waals surface area contributed by atoms with Crippen LogP contribution in [0.25, 0.3) is 0 Å². The summed E-state index contributed by atoms with van der Waals surface area (Å²) < 4.78 is 0. The van der Waals surface area contributed by atoms with E-state index in [0.717, 1.165) is 0 Å². The SMILES string of the molecule is CCCCCCCCCCCCCCSCCNCCSCCCCCCCCCCCCCC. The lowest BCUT2D eigenvalue weighted by Gasteiger charge is -2.06. The lowest BCUT2D eigenvalue weighted by molar-refractivity contribution is 0.548. The number of nitrogens with one attached hydrogen (secondary N) is 1. The summed E-state index contributed by atoms with van der Waals surface area (Å²) in [5.74, 6) is 5.32. The van der Waals surface area contributed by atoms with Crippen molar-refractivity contribution in [3.05, 3.63) is 0 Å². The molecule has 0 saturated carbocycles. The molecule has 0 rings (SSSR count). The molecule has 1 nitrogen and oxygen atoms in total. The Kier molecular flexibility index (Phi) is 35.3. The van der Waals surface area contributed by atoms with E-state index in [1.807, 2.05) is 0 Å². The number of hydrogen-bond donors (Lipinski definition) is 1. The second-order valence-corrected chi connectivity index (χ2v) is 13.2. The van der Waals surface area contributed by atoms with Gasteiger partial charge in [-0.1, -0.05) is 155 Å². The smallest absolute Gasteiger partial charge is 0.00581 e. The maximum absolute atomic E-state index is 3.64. The lowest BCUT2D eigenvalue weighted by atomic mass is 10.1. The Hall–Kier alpha value is 0.660. The molecule has 0 aliphatic heterocycles. The van der Waals surface area contributed by atoms with E-state index < -0.39 is 0 Å². The van der Waals surface area contributed by atoms with E-state index in [1.165, 1.54) is 190 Å². The van der Waals surface area contributed by atoms with Gasteiger partial charge in [0.15, 0.2) is 0 Å². The van der Waals surface area contributed by atoms with Crippen molar-refractivity contribution >= 4 is 23.5 Å². The average molecular weight is 530 g/mol. The largest absolute Gasteiger partial charge is 0.315 e. The first-order valence-corrected chi connectivity index (χ1v) is 18.6. The standard InChI is InChI=1S/C32H67NS2/c1-3-5-7-9-11-13-15-17-19-21-23-25-29-34-31-27-33-28-32-35-30-26-24-22-20-18-16-14-12-10-8-6-4-2/h33H,3-32H2,1-2H3. The maximum atomic E-state index is 3.64. The van der Waals surface area contributed by atoms with E-state index >= 15 is 0 Å². The van der Waals surface area contributed by atoms with Crippen molar-refractivity contribution in [3.8, 4) is 0 Å². The van der Waals surface area contributed by atoms with Crippen molar-refractivity contribution in [1.29, 1.82) is 0 Å². The highest BCUT2D eigenvalue weighted by Gasteiger charge is 1.96. The van der Waals surface area contributed by atoms with Gasteiger partial charge in [-0.05, 0) is 24.3 Å². The number of rotatable bonds is 32. The zero-order valence-electron chi connectivity index (χ0n) is 24.5. The van der Waals surface area contributed by atoms with E-state index in [-0.39, 0.29) is 0 Å². The molecule has 0 radical (unpaired) electrons. The molecule has 35 heavy (non-hydrogen) atoms. The molecule has 0 atom stereocenters. The second kappa shape index (κ2) is 34.7. The Morgan fingerprint density at radius 2 is 0.571 bits per heavy atom. The van der Waals surface area contributed by atoms with E-state index in [4.69, 9.17) is 0 Å². The van der Waals surface area contributed by atoms with Crippen LogP contribution in [0.4, 0.5) is 0 Å². The second-order valence-electron chi connectivity index (χ2n) is 10.8. The fraction of sp³-hybridized carbons (Fsp3) is 1.00. The van der Waals surface area contributed by atoms with Crippen LogP contribution in [0.3, 0.4) is 0 Å². The average Bonchev–Trinajstić information content (AvgIpc) is 2.87. The van der Waals surface area contributed by atoms with Gasteiger partial charge in [0, 0.05) is 24.6 Å². The van der Waals surface area contributed by atoms with Crippen molar-refractivity contribution in [2.75, 3.05) is 36.1 Å². The molecule has 3 heteroatoms. The molecular formula is C32H67NS2. The third-order valence-corrected chi connectivity index (χ3v) is 9.27. The molecular weight excluding hydrogens is 462 g/mol. The van der Waals surface area contributed by atoms with Crippen LogP contribution in [-0.4, -0.2) is 36.1 Å². The number of thioether (sulfide) groups is 2. The summed E-state index contributed by atoms with van der Waals surface area (Å²) in [7, 11) is 0. The Morgan fingerprint density at radius 1 is 0.314 bits per heavy atom. The molecule has 0 bridgehead atoms. The summed E-state index contributed by atoms with van der Waals surface area (Å²) in [5.41, 5.74) is 0. The predicted molar refractivity (Wildman–Crippen MR) is 170 cm³/mol. The lowest BCUT2D eigenvalue weighted by Crippen LogP contribution is -2.20. The third-order valence-electron chi connectivity index (χ3n) is 7.13. The van der Waals surface area contributed by atoms with Gasteiger partial charge in [-0.25, -0.2) is 0 Å². The molecule has 0 aromatic carbocycles. The molecule has 0 amide bonds. The number of unbranched alkanes of at least 4 members (excludes halogenated alkanes) is 22. The Balaban J connectivity index is 3.00. The molecule has 0 fully saturated rings. The van der Waals surface area contributed by atoms with Crippen molar-refractivity contribution in [1.82, 2.24) is 5.32 Å². The van der Waals surface area contributed by atoms with Crippen LogP contribution in [0.1, 0.15) is 168 Å². The van der Waals surface area contributed by atoms with Crippen LogP contribution in [-0.2, 0) is 0 Å². The summed E-state index contributed by atoms with van der Waals surface area (Å²) >= 11 is 4.31. The molecule has 0 aromatic rings. The van der Waals surface area contributed by atoms with E-state index in [9.17, 15) is 0 Å². The van der Waals surface area contributed by atoms with Gasteiger partial charge >= 0.3 is 0 Å². The highest BCUT2D eigenvalue weighted by atomic mass is 32.2. The summed E-state index contributed by atoms with van der Waals surface area (Å²) in [6, 6.07) is 0. The molecule has 0 saturated heterocycles. The zero-order chi connectivity index (χ0) is 25.3. The van der Waals surface area contributed by atoms with E-state index in [1.54, 1.807) is 0 Å². The first kappa shape index (κ1) is 35.7. The monoisotopic (exact) mass is 529 g/mol. The highest BCUT2D eigenvalue weighted by Crippen LogP contribution is 2.14. The summed E-state index contributed by atoms with van der Waals surface area (Å²) in [6.45, 7) is 7.00. The Morgan fingerprint density at radius 3 is 0.857 bits per heavy atom. The van der Waals surface area contributed by atoms with Crippen LogP contribution < -0.4 is 5.32 Å². The Labute approximate surface area is 232 Å². The minimum atomic E-state index is 1.20. The molecule has 0 aromatic heterocycles. The number of hydrogen-bond acceptors (Lipinski definition) is 3. The van der Waals surface area contributed by atoms with Gasteiger partial charge in [0.25, 0.3) is 0 Å². The van der Waals surface area contributed by atoms with Gasteiger partial charge in [0.1, 0.15) is 0 Å². The predicted octanol–water partition coefficient (Wildman–Crippen LogP) is 11.4. The van der Waals surface area contributed by atoms with Crippen LogP contribution in [0, 0.1) is 0 Å². The summed E-state index contributed by atoms with van der Waals surface area (Å²) in [5, 5.41) is 3.64. The minimum Gasteiger partial charge on any atom is -0.315 e. The van der Waals surface area contributed by atoms with Gasteiger partial charge < -0.3 is 5.32 Å². The van der Waals surface area contributed by atoms with E-state index in [2.05, 4.69) is 42.7 Å². The van der Waals surface area contributed by atoms with Crippen LogP contribution in [0.15, 0.2) is 0 Å². The quantitative estimate of drug-likeness (QED) is 0.0870. The molecule has 0 spiro atoms. The van der Waals surface area contributed by atoms with Crippen LogP contribution >= 0.6 is 23.5 Å². The fourth-order valence-corrected chi connectivity index (χ4v) is 6.51. The van der Waals surface area contributed by atoms with Crippen LogP contribution in [0.2, 0.25) is 0 Å². The normalized spacial score (nSPS) is 11.5. The topological polar surface area (TPSA) is 12.0 Å². The zero-order valence-corrected chi connectivity index (χ0v) is 26.2. The first-order valence-electron chi connectivity index (χ1n) is 16.3. The Bertz CT molecular complexity index is 318. The van der Waals surface area contributed by atoms with Crippen molar-refractivity contribution in [3.63, 3.8) is 0 Å². The molecule has 0 unspecified atom stereocenters. The molecule has 0 aliphatic rings. The third kappa shape index (κ3) is 34.7. The van der Waals surface area contributed by atoms with Gasteiger partial charge in [-0.15, -0.1) is 0 Å². The first-order chi connectivity index (χ1) is 17.4. The van der Waals surface area contributed by atoms with Gasteiger partial charge in [0.05, 0.1) is 0 Å². The summed E-state index contributed by atoms with van der Waals surface area (Å²) in [6.07, 6.45) is 34.9. The molecule has 0 aliphatic carbocycles. The fourth-order valence-electron chi connectivity index (χ4n) is 4.71. The molecule has 0 heterocycles. The van der Waals surface area contributed by atoms with Crippen molar-refractivity contribution in [2.24, 2.45) is 0 Å². The summed E-state index contributed by atoms with van der Waals surface area (Å²) in [4.78, 5) is 0. The molecule has 212 valence electrons. The van der Waals surface area contributed by atoms with Crippen molar-refractivity contribution < 1.29 is 0 Å². The highest BCUT2D eigenvalue weighted by molar-refractivity contribution is 7.99. The molecule has 1 N–H and O–H groups in total. The van der Waals surface area contributed by atoms with Gasteiger partial charge in [-0.3, -0.25) is 0 Å². The van der Waals surface area contributed by atoms with Gasteiger partial charge in [0.2, 0.25) is 0 Å². The van der Waals surface area contributed by atoms with Crippen molar-refractivity contribution in [2.45, 2.75) is 168 Å². The van der Waals surface area contributed by atoms with Gasteiger partial charge in [-0.2, -0.15) is 23.5 Å². The van der Waals surface area contributed by atoms with E-state index in [0.29, 0.717) is 0 Å². The minimum absolute atomic E-state index is 1.20. The van der Waals surface area contributed by atoms with Crippen LogP contribution in [0.5, 0.6) is 0 Å².